The Hall–Kier alpha value is -1.98. The molecule has 0 radical (unpaired) electrons. The third-order valence-corrected chi connectivity index (χ3v) is 1.75. The summed E-state index contributed by atoms with van der Waals surface area (Å²) >= 11 is 0. The molecule has 0 amide bonds. The van der Waals surface area contributed by atoms with E-state index in [4.69, 9.17) is 5.73 Å². The number of anilines is 1. The number of hydrogen-bond acceptors (Lipinski definition) is 3. The van der Waals surface area contributed by atoms with Gasteiger partial charge in [0.15, 0.2) is 11.6 Å². The normalized spacial score (nSPS) is 10.4. The molecule has 1 aromatic heterocycles. The Labute approximate surface area is 78.0 Å². The van der Waals surface area contributed by atoms with E-state index >= 15 is 0 Å². The monoisotopic (exact) mass is 196 g/mol. The van der Waals surface area contributed by atoms with Gasteiger partial charge in [0.2, 0.25) is 0 Å². The van der Waals surface area contributed by atoms with Crippen LogP contribution in [0.3, 0.4) is 0 Å². The lowest BCUT2D eigenvalue weighted by atomic mass is 10.2. The van der Waals surface area contributed by atoms with Crippen molar-refractivity contribution in [2.24, 2.45) is 0 Å². The van der Waals surface area contributed by atoms with Crippen LogP contribution in [0.25, 0.3) is 5.69 Å². The molecular weight excluding hydrogens is 190 g/mol. The molecule has 2 aromatic rings. The minimum absolute atomic E-state index is 0.106. The van der Waals surface area contributed by atoms with E-state index in [-0.39, 0.29) is 11.4 Å². The van der Waals surface area contributed by atoms with Gasteiger partial charge in [0, 0.05) is 0 Å². The van der Waals surface area contributed by atoms with Gasteiger partial charge >= 0.3 is 0 Å². The maximum absolute atomic E-state index is 13.3. The minimum atomic E-state index is -1.03. The molecule has 1 heterocycles. The van der Waals surface area contributed by atoms with E-state index in [2.05, 4.69) is 10.1 Å². The summed E-state index contributed by atoms with van der Waals surface area (Å²) in [5, 5.41) is 3.67. The predicted molar refractivity (Wildman–Crippen MR) is 45.7 cm³/mol. The molecule has 0 atom stereocenters. The zero-order valence-electron chi connectivity index (χ0n) is 6.98. The second-order valence-electron chi connectivity index (χ2n) is 2.64. The van der Waals surface area contributed by atoms with Crippen LogP contribution in [0, 0.1) is 11.6 Å². The van der Waals surface area contributed by atoms with Crippen LogP contribution in [-0.2, 0) is 0 Å². The molecule has 4 nitrogen and oxygen atoms in total. The van der Waals surface area contributed by atoms with Gasteiger partial charge in [-0.25, -0.2) is 18.4 Å². The Bertz CT molecular complexity index is 453. The lowest BCUT2D eigenvalue weighted by molar-refractivity contribution is 0.502. The van der Waals surface area contributed by atoms with Crippen LogP contribution in [0.5, 0.6) is 0 Å². The molecule has 0 saturated heterocycles. The van der Waals surface area contributed by atoms with Crippen molar-refractivity contribution in [3.63, 3.8) is 0 Å². The van der Waals surface area contributed by atoms with Gasteiger partial charge in [0.1, 0.15) is 18.3 Å². The van der Waals surface area contributed by atoms with E-state index in [0.717, 1.165) is 10.7 Å². The number of aromatic nitrogens is 3. The summed E-state index contributed by atoms with van der Waals surface area (Å²) < 4.78 is 27.2. The van der Waals surface area contributed by atoms with Crippen molar-refractivity contribution in [1.29, 1.82) is 0 Å². The molecule has 0 saturated carbocycles. The first-order valence-corrected chi connectivity index (χ1v) is 3.78. The summed E-state index contributed by atoms with van der Waals surface area (Å²) in [6.45, 7) is 0. The average Bonchev–Trinajstić information content (AvgIpc) is 2.65. The quantitative estimate of drug-likeness (QED) is 0.695. The zero-order valence-corrected chi connectivity index (χ0v) is 6.98. The Balaban J connectivity index is 2.69. The Morgan fingerprint density at radius 1 is 1.29 bits per heavy atom. The number of nitrogens with two attached hydrogens (primary N) is 1. The van der Waals surface area contributed by atoms with Gasteiger partial charge in [0.25, 0.3) is 0 Å². The highest BCUT2D eigenvalue weighted by atomic mass is 19.2. The molecule has 0 spiro atoms. The third kappa shape index (κ3) is 1.20. The van der Waals surface area contributed by atoms with Crippen molar-refractivity contribution >= 4 is 5.69 Å². The first-order chi connectivity index (χ1) is 6.70. The molecular formula is C8H6F2N4. The standard InChI is InChI=1S/C8H6F2N4/c9-5-1-2-6(11)8(7(5)10)14-4-12-3-13-14/h1-4H,11H2. The van der Waals surface area contributed by atoms with Gasteiger partial charge in [-0.2, -0.15) is 5.10 Å². The van der Waals surface area contributed by atoms with Crippen molar-refractivity contribution in [2.75, 3.05) is 5.73 Å². The third-order valence-electron chi connectivity index (χ3n) is 1.75. The van der Waals surface area contributed by atoms with Gasteiger partial charge < -0.3 is 5.73 Å². The lowest BCUT2D eigenvalue weighted by Gasteiger charge is -2.06. The Morgan fingerprint density at radius 3 is 2.71 bits per heavy atom. The van der Waals surface area contributed by atoms with Crippen molar-refractivity contribution in [3.8, 4) is 5.69 Å². The maximum Gasteiger partial charge on any atom is 0.186 e. The van der Waals surface area contributed by atoms with Crippen LogP contribution in [0.4, 0.5) is 14.5 Å². The lowest BCUT2D eigenvalue weighted by Crippen LogP contribution is -2.05. The van der Waals surface area contributed by atoms with Crippen molar-refractivity contribution in [3.05, 3.63) is 36.4 Å². The highest BCUT2D eigenvalue weighted by molar-refractivity contribution is 5.57. The van der Waals surface area contributed by atoms with Gasteiger partial charge in [0.05, 0.1) is 5.69 Å². The molecule has 0 aliphatic carbocycles. The molecule has 2 rings (SSSR count). The molecule has 0 fully saturated rings. The maximum atomic E-state index is 13.3. The fourth-order valence-corrected chi connectivity index (χ4v) is 1.11. The summed E-state index contributed by atoms with van der Waals surface area (Å²) in [4.78, 5) is 3.62. The Kier molecular flexibility index (Phi) is 1.88. The summed E-state index contributed by atoms with van der Waals surface area (Å²) in [5.41, 5.74) is 5.47. The molecule has 0 aliphatic rings. The van der Waals surface area contributed by atoms with Crippen LogP contribution in [-0.4, -0.2) is 14.8 Å². The van der Waals surface area contributed by atoms with E-state index in [0.29, 0.717) is 0 Å². The molecule has 14 heavy (non-hydrogen) atoms. The highest BCUT2D eigenvalue weighted by Crippen LogP contribution is 2.21. The topological polar surface area (TPSA) is 56.7 Å². The molecule has 72 valence electrons. The molecule has 1 aromatic carbocycles. The molecule has 6 heteroatoms. The van der Waals surface area contributed by atoms with Crippen molar-refractivity contribution in [1.82, 2.24) is 14.8 Å². The largest absolute Gasteiger partial charge is 0.397 e. The molecule has 2 N–H and O–H groups in total. The first kappa shape index (κ1) is 8.61. The average molecular weight is 196 g/mol. The van der Waals surface area contributed by atoms with E-state index in [1.54, 1.807) is 0 Å². The van der Waals surface area contributed by atoms with E-state index in [1.807, 2.05) is 0 Å². The summed E-state index contributed by atoms with van der Waals surface area (Å²) in [7, 11) is 0. The van der Waals surface area contributed by atoms with E-state index in [9.17, 15) is 8.78 Å². The van der Waals surface area contributed by atoms with Gasteiger partial charge in [-0.1, -0.05) is 0 Å². The SMILES string of the molecule is Nc1ccc(F)c(F)c1-n1cncn1. The minimum Gasteiger partial charge on any atom is -0.397 e. The number of benzene rings is 1. The first-order valence-electron chi connectivity index (χ1n) is 3.78. The fraction of sp³-hybridized carbons (Fsp3) is 0. The number of halogens is 2. The molecule has 0 bridgehead atoms. The smallest absolute Gasteiger partial charge is 0.186 e. The van der Waals surface area contributed by atoms with Crippen LogP contribution in [0.2, 0.25) is 0 Å². The zero-order chi connectivity index (χ0) is 10.1. The number of nitrogens with zero attached hydrogens (tertiary/aromatic N) is 3. The van der Waals surface area contributed by atoms with Crippen LogP contribution < -0.4 is 5.73 Å². The second-order valence-corrected chi connectivity index (χ2v) is 2.64. The van der Waals surface area contributed by atoms with Gasteiger partial charge in [-0.15, -0.1) is 0 Å². The predicted octanol–water partition coefficient (Wildman–Crippen LogP) is 1.13. The number of nitrogen functional groups attached to an aromatic ring is 1. The fourth-order valence-electron chi connectivity index (χ4n) is 1.11. The summed E-state index contributed by atoms with van der Waals surface area (Å²) in [6.07, 6.45) is 2.46. The van der Waals surface area contributed by atoms with Crippen molar-refractivity contribution in [2.45, 2.75) is 0 Å². The number of hydrogen-bond donors (Lipinski definition) is 1. The van der Waals surface area contributed by atoms with E-state index in [1.165, 1.54) is 18.7 Å². The Morgan fingerprint density at radius 2 is 2.07 bits per heavy atom. The second kappa shape index (κ2) is 3.06. The van der Waals surface area contributed by atoms with Crippen LogP contribution in [0.1, 0.15) is 0 Å². The van der Waals surface area contributed by atoms with E-state index < -0.39 is 11.6 Å². The summed E-state index contributed by atoms with van der Waals surface area (Å²) in [5.74, 6) is -2.00. The van der Waals surface area contributed by atoms with Crippen molar-refractivity contribution < 1.29 is 8.78 Å². The van der Waals surface area contributed by atoms with Gasteiger partial charge in [-0.3, -0.25) is 0 Å². The number of rotatable bonds is 1. The molecule has 0 unspecified atom stereocenters. The van der Waals surface area contributed by atoms with Crippen LogP contribution >= 0.6 is 0 Å². The van der Waals surface area contributed by atoms with Gasteiger partial charge in [-0.05, 0) is 12.1 Å². The van der Waals surface area contributed by atoms with Crippen LogP contribution in [0.15, 0.2) is 24.8 Å². The molecule has 0 aliphatic heterocycles. The highest BCUT2D eigenvalue weighted by Gasteiger charge is 2.13. The summed E-state index contributed by atoms with van der Waals surface area (Å²) in [6, 6.07) is 2.24.